The molecule has 3 aromatic rings. The molecule has 6 nitrogen and oxygen atoms in total. The first-order valence-corrected chi connectivity index (χ1v) is 8.47. The normalized spacial score (nSPS) is 16.2. The predicted molar refractivity (Wildman–Crippen MR) is 97.5 cm³/mol. The number of aromatic nitrogens is 2. The van der Waals surface area contributed by atoms with Crippen LogP contribution < -0.4 is 4.65 Å². The monoisotopic (exact) mass is 348 g/mol. The number of H-pyrrole nitrogens is 1. The van der Waals surface area contributed by atoms with E-state index in [9.17, 15) is 14.6 Å². The molecular formula is C19H17BN2O4. The molecule has 0 fully saturated rings. The average molecular weight is 348 g/mol. The highest BCUT2D eigenvalue weighted by molar-refractivity contribution is 6.47. The molecule has 0 bridgehead atoms. The lowest BCUT2D eigenvalue weighted by molar-refractivity contribution is 0.0971. The van der Waals surface area contributed by atoms with E-state index in [1.54, 1.807) is 36.7 Å². The van der Waals surface area contributed by atoms with Gasteiger partial charge in [-0.15, -0.1) is 0 Å². The molecule has 0 unspecified atom stereocenters. The predicted octanol–water partition coefficient (Wildman–Crippen LogP) is 2.82. The largest absolute Gasteiger partial charge is 0.535 e. The molecule has 1 aliphatic heterocycles. The Hall–Kier alpha value is -2.93. The third kappa shape index (κ3) is 2.90. The van der Waals surface area contributed by atoms with E-state index in [4.69, 9.17) is 4.65 Å². The van der Waals surface area contributed by atoms with Crippen LogP contribution in [0.15, 0.2) is 42.7 Å². The Balaban J connectivity index is 1.56. The first-order chi connectivity index (χ1) is 12.5. The zero-order valence-electron chi connectivity index (χ0n) is 14.2. The van der Waals surface area contributed by atoms with Crippen LogP contribution in [0.5, 0.6) is 5.75 Å². The SMILES string of the molecule is CC(=O)c1cccc2c1OB(O)[C@@H](CC(=O)c1ccc3nc[nH]c3c1)C2. The molecule has 2 aromatic carbocycles. The molecule has 7 heteroatoms. The summed E-state index contributed by atoms with van der Waals surface area (Å²) in [5, 5.41) is 10.4. The van der Waals surface area contributed by atoms with Crippen LogP contribution in [0.3, 0.4) is 0 Å². The lowest BCUT2D eigenvalue weighted by Crippen LogP contribution is -2.35. The molecule has 1 atom stereocenters. The molecule has 2 N–H and O–H groups in total. The second-order valence-electron chi connectivity index (χ2n) is 6.58. The number of para-hydroxylation sites is 1. The zero-order chi connectivity index (χ0) is 18.3. The second-order valence-corrected chi connectivity index (χ2v) is 6.58. The van der Waals surface area contributed by atoms with Crippen LogP contribution in [0.25, 0.3) is 11.0 Å². The summed E-state index contributed by atoms with van der Waals surface area (Å²) < 4.78 is 5.60. The third-order valence-electron chi connectivity index (χ3n) is 4.79. The third-order valence-corrected chi connectivity index (χ3v) is 4.79. The fourth-order valence-corrected chi connectivity index (χ4v) is 3.40. The molecule has 0 aliphatic carbocycles. The van der Waals surface area contributed by atoms with E-state index in [-0.39, 0.29) is 23.8 Å². The van der Waals surface area contributed by atoms with Crippen molar-refractivity contribution in [3.63, 3.8) is 0 Å². The molecule has 1 aromatic heterocycles. The molecule has 0 saturated carbocycles. The number of hydrogen-bond acceptors (Lipinski definition) is 5. The Morgan fingerprint density at radius 1 is 1.35 bits per heavy atom. The molecule has 0 amide bonds. The number of aromatic amines is 1. The lowest BCUT2D eigenvalue weighted by Gasteiger charge is -2.28. The summed E-state index contributed by atoms with van der Waals surface area (Å²) in [5.74, 6) is -0.124. The van der Waals surface area contributed by atoms with Crippen LogP contribution in [0.2, 0.25) is 5.82 Å². The molecule has 0 spiro atoms. The number of carbonyl (C=O) groups is 2. The van der Waals surface area contributed by atoms with Gasteiger partial charge in [-0.05, 0) is 43.2 Å². The van der Waals surface area contributed by atoms with Gasteiger partial charge in [-0.1, -0.05) is 12.1 Å². The van der Waals surface area contributed by atoms with Crippen molar-refractivity contribution < 1.29 is 19.3 Å². The molecule has 2 heterocycles. The van der Waals surface area contributed by atoms with E-state index in [0.717, 1.165) is 16.6 Å². The van der Waals surface area contributed by atoms with E-state index < -0.39 is 7.12 Å². The first-order valence-electron chi connectivity index (χ1n) is 8.47. The Labute approximate surface area is 150 Å². The highest BCUT2D eigenvalue weighted by atomic mass is 16.5. The maximum absolute atomic E-state index is 12.7. The van der Waals surface area contributed by atoms with Crippen molar-refractivity contribution in [1.82, 2.24) is 9.97 Å². The van der Waals surface area contributed by atoms with Gasteiger partial charge in [0.15, 0.2) is 11.6 Å². The molecule has 0 saturated heterocycles. The van der Waals surface area contributed by atoms with E-state index in [1.807, 2.05) is 6.07 Å². The highest BCUT2D eigenvalue weighted by Crippen LogP contribution is 2.36. The van der Waals surface area contributed by atoms with Crippen molar-refractivity contribution >= 4 is 29.7 Å². The number of imidazole rings is 1. The number of rotatable bonds is 4. The number of benzene rings is 2. The van der Waals surface area contributed by atoms with E-state index in [1.165, 1.54) is 6.92 Å². The van der Waals surface area contributed by atoms with Crippen LogP contribution in [0.4, 0.5) is 0 Å². The fourth-order valence-electron chi connectivity index (χ4n) is 3.40. The van der Waals surface area contributed by atoms with Gasteiger partial charge in [0.2, 0.25) is 0 Å². The molecule has 130 valence electrons. The maximum Gasteiger partial charge on any atom is 0.526 e. The van der Waals surface area contributed by atoms with Crippen LogP contribution >= 0.6 is 0 Å². The number of fused-ring (bicyclic) bond motifs is 2. The lowest BCUT2D eigenvalue weighted by atomic mass is 9.64. The van der Waals surface area contributed by atoms with Crippen molar-refractivity contribution in [3.8, 4) is 5.75 Å². The standard InChI is InChI=1S/C19H17BN2O4/c1-11(23)15-4-2-3-13-7-14(20(25)26-19(13)15)9-18(24)12-5-6-16-17(8-12)22-10-21-16/h2-6,8,10,14,25H,7,9H2,1H3,(H,21,22)/t14-/m1/s1. The first kappa shape index (κ1) is 16.5. The summed E-state index contributed by atoms with van der Waals surface area (Å²) in [7, 11) is -1.12. The Morgan fingerprint density at radius 3 is 3.00 bits per heavy atom. The summed E-state index contributed by atoms with van der Waals surface area (Å²) >= 11 is 0. The zero-order valence-corrected chi connectivity index (χ0v) is 14.2. The quantitative estimate of drug-likeness (QED) is 0.559. The van der Waals surface area contributed by atoms with Gasteiger partial charge in [0, 0.05) is 17.8 Å². The Morgan fingerprint density at radius 2 is 2.19 bits per heavy atom. The molecule has 26 heavy (non-hydrogen) atoms. The number of carbonyl (C=O) groups excluding carboxylic acids is 2. The molecular weight excluding hydrogens is 331 g/mol. The molecule has 0 radical (unpaired) electrons. The number of nitrogens with zero attached hydrogens (tertiary/aromatic N) is 1. The molecule has 1 aliphatic rings. The van der Waals surface area contributed by atoms with E-state index >= 15 is 0 Å². The Kier molecular flexibility index (Phi) is 4.08. The van der Waals surface area contributed by atoms with Crippen molar-refractivity contribution in [2.24, 2.45) is 0 Å². The van der Waals surface area contributed by atoms with Gasteiger partial charge in [-0.25, -0.2) is 4.98 Å². The van der Waals surface area contributed by atoms with Crippen LogP contribution in [-0.4, -0.2) is 33.7 Å². The van der Waals surface area contributed by atoms with E-state index in [0.29, 0.717) is 23.3 Å². The van der Waals surface area contributed by atoms with Gasteiger partial charge >= 0.3 is 7.12 Å². The average Bonchev–Trinajstić information content (AvgIpc) is 3.09. The minimum absolute atomic E-state index is 0.0691. The van der Waals surface area contributed by atoms with Gasteiger partial charge in [0.1, 0.15) is 5.75 Å². The van der Waals surface area contributed by atoms with Crippen molar-refractivity contribution in [3.05, 3.63) is 59.4 Å². The van der Waals surface area contributed by atoms with E-state index in [2.05, 4.69) is 9.97 Å². The topological polar surface area (TPSA) is 92.3 Å². The van der Waals surface area contributed by atoms with Gasteiger partial charge in [-0.3, -0.25) is 9.59 Å². The van der Waals surface area contributed by atoms with Gasteiger partial charge < -0.3 is 14.7 Å². The van der Waals surface area contributed by atoms with Gasteiger partial charge in [0.05, 0.1) is 22.9 Å². The number of nitrogens with one attached hydrogen (secondary N) is 1. The van der Waals surface area contributed by atoms with Crippen LogP contribution in [0, 0.1) is 0 Å². The summed E-state index contributed by atoms with van der Waals surface area (Å²) in [6.07, 6.45) is 2.22. The maximum atomic E-state index is 12.7. The van der Waals surface area contributed by atoms with Crippen molar-refractivity contribution in [2.75, 3.05) is 0 Å². The smallest absolute Gasteiger partial charge is 0.526 e. The Bertz CT molecular complexity index is 1010. The summed E-state index contributed by atoms with van der Waals surface area (Å²) in [4.78, 5) is 31.5. The number of Topliss-reactive ketones (excluding diaryl/α,β-unsaturated/α-hetero) is 2. The minimum atomic E-state index is -1.12. The number of ketones is 2. The highest BCUT2D eigenvalue weighted by Gasteiger charge is 2.37. The summed E-state index contributed by atoms with van der Waals surface area (Å²) in [6, 6.07) is 10.6. The molecule has 4 rings (SSSR count). The minimum Gasteiger partial charge on any atom is -0.535 e. The fraction of sp³-hybridized carbons (Fsp3) is 0.211. The van der Waals surface area contributed by atoms with Crippen molar-refractivity contribution in [2.45, 2.75) is 25.6 Å². The van der Waals surface area contributed by atoms with Gasteiger partial charge in [-0.2, -0.15) is 0 Å². The van der Waals surface area contributed by atoms with Crippen LogP contribution in [0.1, 0.15) is 39.6 Å². The van der Waals surface area contributed by atoms with Gasteiger partial charge in [0.25, 0.3) is 0 Å². The summed E-state index contributed by atoms with van der Waals surface area (Å²) in [5.41, 5.74) is 3.46. The van der Waals surface area contributed by atoms with Crippen LogP contribution in [-0.2, 0) is 6.42 Å². The van der Waals surface area contributed by atoms with Crippen molar-refractivity contribution in [1.29, 1.82) is 0 Å². The second kappa shape index (κ2) is 6.42. The number of hydrogen-bond donors (Lipinski definition) is 2. The summed E-state index contributed by atoms with van der Waals surface area (Å²) in [6.45, 7) is 1.46.